The zero-order chi connectivity index (χ0) is 21.0. The van der Waals surface area contributed by atoms with Crippen LogP contribution in [-0.2, 0) is 15.9 Å². The van der Waals surface area contributed by atoms with Crippen molar-refractivity contribution in [1.29, 1.82) is 0 Å². The molecule has 0 amide bonds. The zero-order valence-electron chi connectivity index (χ0n) is 17.8. The molecule has 0 atom stereocenters. The van der Waals surface area contributed by atoms with Crippen LogP contribution in [-0.4, -0.2) is 0 Å². The molecule has 0 aliphatic carbocycles. The molecule has 0 aliphatic rings. The predicted molar refractivity (Wildman–Crippen MR) is 119 cm³/mol. The fourth-order valence-electron chi connectivity index (χ4n) is 2.36. The van der Waals surface area contributed by atoms with Crippen LogP contribution in [0.4, 0.5) is 0 Å². The molecule has 2 aromatic rings. The molecule has 0 radical (unpaired) electrons. The minimum absolute atomic E-state index is 0.106. The molecule has 0 aliphatic heterocycles. The van der Waals surface area contributed by atoms with Gasteiger partial charge in [-0.25, -0.2) is 0 Å². The Kier molecular flexibility index (Phi) is 14.5. The first-order chi connectivity index (χ1) is 12.6. The quantitative estimate of drug-likeness (QED) is 0.291. The fourth-order valence-corrected chi connectivity index (χ4v) is 2.36. The number of hydrogen-bond donors (Lipinski definition) is 0. The summed E-state index contributed by atoms with van der Waals surface area (Å²) in [6.45, 7) is 17.6. The molecule has 0 spiro atoms. The third-order valence-corrected chi connectivity index (χ3v) is 4.17. The van der Waals surface area contributed by atoms with Crippen molar-refractivity contribution >= 4 is 19.1 Å². The zero-order valence-corrected chi connectivity index (χ0v) is 20.9. The second kappa shape index (κ2) is 14.6. The molecule has 2 aromatic carbocycles. The van der Waals surface area contributed by atoms with Gasteiger partial charge < -0.3 is 0 Å². The van der Waals surface area contributed by atoms with Gasteiger partial charge in [0.1, 0.15) is 0 Å². The van der Waals surface area contributed by atoms with Crippen LogP contribution < -0.4 is 0 Å². The van der Waals surface area contributed by atoms with Gasteiger partial charge in [-0.3, -0.25) is 0 Å². The second-order valence-corrected chi connectivity index (χ2v) is 10.1. The molecule has 0 unspecified atom stereocenters. The summed E-state index contributed by atoms with van der Waals surface area (Å²) >= 11 is -0.106. The van der Waals surface area contributed by atoms with E-state index in [4.69, 9.17) is 19.1 Å². The van der Waals surface area contributed by atoms with Gasteiger partial charge >= 0.3 is 35.0 Å². The Labute approximate surface area is 184 Å². The molecule has 0 nitrogen and oxygen atoms in total. The maximum atomic E-state index is 4.81. The third kappa shape index (κ3) is 11.3. The van der Waals surface area contributed by atoms with Crippen molar-refractivity contribution in [2.45, 2.75) is 79.1 Å². The molecule has 3 heteroatoms. The average molecular weight is 500 g/mol. The normalized spacial score (nSPS) is 10.7. The van der Waals surface area contributed by atoms with E-state index in [1.165, 1.54) is 22.3 Å². The number of halogens is 2. The molecule has 0 fully saturated rings. The van der Waals surface area contributed by atoms with E-state index < -0.39 is 0 Å². The second-order valence-electron chi connectivity index (χ2n) is 7.79. The molecule has 0 saturated carbocycles. The average Bonchev–Trinajstić information content (AvgIpc) is 2.63. The summed E-state index contributed by atoms with van der Waals surface area (Å²) in [5.41, 5.74) is 5.28. The van der Waals surface area contributed by atoms with Crippen LogP contribution in [0, 0.1) is 12.1 Å². The van der Waals surface area contributed by atoms with Crippen LogP contribution in [0.15, 0.2) is 36.4 Å². The van der Waals surface area contributed by atoms with Crippen molar-refractivity contribution in [2.75, 3.05) is 0 Å². The predicted octanol–water partition coefficient (Wildman–Crippen LogP) is 8.84. The van der Waals surface area contributed by atoms with E-state index in [1.807, 2.05) is 0 Å². The summed E-state index contributed by atoms with van der Waals surface area (Å²) < 4.78 is 0. The first-order valence-electron chi connectivity index (χ1n) is 9.50. The van der Waals surface area contributed by atoms with E-state index in [1.54, 1.807) is 0 Å². The van der Waals surface area contributed by atoms with Gasteiger partial charge in [-0.05, 0) is 23.7 Å². The van der Waals surface area contributed by atoms with Crippen molar-refractivity contribution < 1.29 is 15.9 Å². The molecule has 156 valence electrons. The van der Waals surface area contributed by atoms with E-state index in [0.717, 1.165) is 0 Å². The summed E-state index contributed by atoms with van der Waals surface area (Å²) in [7, 11) is 9.63. The summed E-state index contributed by atoms with van der Waals surface area (Å²) in [5, 5.41) is 0. The topological polar surface area (TPSA) is 0 Å². The van der Waals surface area contributed by atoms with Gasteiger partial charge in [-0.1, -0.05) is 55.4 Å². The van der Waals surface area contributed by atoms with Gasteiger partial charge in [-0.2, -0.15) is 70.8 Å². The van der Waals surface area contributed by atoms with Gasteiger partial charge in [0.05, 0.1) is 0 Å². The number of hydrogen-bond acceptors (Lipinski definition) is 0. The molecule has 0 heterocycles. The standard InChI is InChI=1S/2C12H17.2ClH.Pd/c2*1-9(2)11-6-5-7-12(8-11)10(3)4;;;/h2*5-7,9-10H,1-4H3;2*1H;/q2*-1;;;+2/p-2. The first-order valence-corrected chi connectivity index (χ1v) is 13.5. The van der Waals surface area contributed by atoms with Crippen molar-refractivity contribution in [2.24, 2.45) is 0 Å². The molecule has 0 bridgehead atoms. The molecule has 0 saturated heterocycles. The van der Waals surface area contributed by atoms with Crippen molar-refractivity contribution in [3.05, 3.63) is 70.8 Å². The Hall–Kier alpha value is -0.318. The van der Waals surface area contributed by atoms with Crippen LogP contribution in [0.25, 0.3) is 0 Å². The monoisotopic (exact) mass is 498 g/mol. The van der Waals surface area contributed by atoms with Crippen LogP contribution in [0.5, 0.6) is 0 Å². The van der Waals surface area contributed by atoms with Crippen LogP contribution in [0.1, 0.15) is 101 Å². The van der Waals surface area contributed by atoms with Crippen molar-refractivity contribution in [3.8, 4) is 0 Å². The Morgan fingerprint density at radius 2 is 0.741 bits per heavy atom. The van der Waals surface area contributed by atoms with E-state index in [9.17, 15) is 0 Å². The van der Waals surface area contributed by atoms with E-state index in [0.29, 0.717) is 23.7 Å². The van der Waals surface area contributed by atoms with E-state index in [2.05, 4.69) is 104 Å². The van der Waals surface area contributed by atoms with Gasteiger partial charge in [0, 0.05) is 0 Å². The Morgan fingerprint density at radius 1 is 0.556 bits per heavy atom. The summed E-state index contributed by atoms with van der Waals surface area (Å²) in [5.74, 6) is 2.35. The third-order valence-electron chi connectivity index (χ3n) is 4.17. The van der Waals surface area contributed by atoms with E-state index in [-0.39, 0.29) is 15.9 Å². The molecular formula is C24H34Cl2Pd-2. The molecule has 27 heavy (non-hydrogen) atoms. The van der Waals surface area contributed by atoms with E-state index >= 15 is 0 Å². The maximum absolute atomic E-state index is 4.81. The molecule has 2 rings (SSSR count). The summed E-state index contributed by atoms with van der Waals surface area (Å²) in [4.78, 5) is 0. The number of rotatable bonds is 4. The molecule has 0 aromatic heterocycles. The summed E-state index contributed by atoms with van der Waals surface area (Å²) in [6.07, 6.45) is 0. The van der Waals surface area contributed by atoms with Gasteiger partial charge in [0.25, 0.3) is 0 Å². The van der Waals surface area contributed by atoms with Crippen LogP contribution in [0.3, 0.4) is 0 Å². The minimum atomic E-state index is -0.106. The van der Waals surface area contributed by atoms with Crippen LogP contribution >= 0.6 is 19.1 Å². The fraction of sp³-hybridized carbons (Fsp3) is 0.500. The molecular weight excluding hydrogens is 466 g/mol. The Morgan fingerprint density at radius 3 is 0.889 bits per heavy atom. The van der Waals surface area contributed by atoms with Crippen molar-refractivity contribution in [3.63, 3.8) is 0 Å². The Balaban J connectivity index is 0.000000438. The molecule has 0 N–H and O–H groups in total. The van der Waals surface area contributed by atoms with Crippen molar-refractivity contribution in [1.82, 2.24) is 0 Å². The van der Waals surface area contributed by atoms with Crippen LogP contribution in [0.2, 0.25) is 0 Å². The summed E-state index contributed by atoms with van der Waals surface area (Å²) in [6, 6.07) is 19.7. The van der Waals surface area contributed by atoms with Gasteiger partial charge in [0.15, 0.2) is 0 Å². The van der Waals surface area contributed by atoms with Gasteiger partial charge in [0.2, 0.25) is 0 Å². The first kappa shape index (κ1) is 26.7. The Bertz CT molecular complexity index is 532. The number of benzene rings is 2. The van der Waals surface area contributed by atoms with Gasteiger partial charge in [-0.15, -0.1) is 0 Å². The SMILES string of the molecule is CC(C)c1[c-]c(C(C)C)ccc1.CC(C)c1[c-]c(C(C)C)ccc1.[Cl][Pd][Cl].